The summed E-state index contributed by atoms with van der Waals surface area (Å²) < 4.78 is 31.4. The van der Waals surface area contributed by atoms with Crippen molar-refractivity contribution in [1.82, 2.24) is 10.2 Å². The zero-order valence-corrected chi connectivity index (χ0v) is 11.4. The highest BCUT2D eigenvalue weighted by molar-refractivity contribution is 7.92. The van der Waals surface area contributed by atoms with Crippen molar-refractivity contribution in [1.29, 1.82) is 0 Å². The van der Waals surface area contributed by atoms with Gasteiger partial charge in [0.25, 0.3) is 10.0 Å². The van der Waals surface area contributed by atoms with E-state index in [0.29, 0.717) is 5.56 Å². The van der Waals surface area contributed by atoms with E-state index in [-0.39, 0.29) is 22.4 Å². The molecule has 1 aromatic carbocycles. The van der Waals surface area contributed by atoms with Crippen LogP contribution in [0.15, 0.2) is 27.5 Å². The van der Waals surface area contributed by atoms with Gasteiger partial charge in [-0.05, 0) is 24.6 Å². The predicted molar refractivity (Wildman–Crippen MR) is 68.0 cm³/mol. The van der Waals surface area contributed by atoms with Crippen LogP contribution in [0.4, 0.5) is 6.01 Å². The van der Waals surface area contributed by atoms with Crippen molar-refractivity contribution < 1.29 is 22.7 Å². The quantitative estimate of drug-likeness (QED) is 0.868. The van der Waals surface area contributed by atoms with Crippen molar-refractivity contribution in [2.24, 2.45) is 0 Å². The molecule has 0 aliphatic heterocycles. The van der Waals surface area contributed by atoms with Crippen LogP contribution in [-0.2, 0) is 10.0 Å². The third-order valence-electron chi connectivity index (χ3n) is 2.47. The highest BCUT2D eigenvalue weighted by Gasteiger charge is 2.21. The van der Waals surface area contributed by atoms with Crippen LogP contribution in [-0.4, -0.2) is 29.7 Å². The average molecular weight is 297 g/mol. The Morgan fingerprint density at radius 1 is 1.30 bits per heavy atom. The van der Waals surface area contributed by atoms with Gasteiger partial charge in [0.05, 0.1) is 10.5 Å². The standard InChI is InChI=1S/C11H11N3O5S/c1-6-3-4-8(10(15)16)5-9(6)20(17,18)14-11-13-12-7(2)19-11/h3-5H,1-2H3,(H,13,14)(H,15,16). The third-order valence-corrected chi connectivity index (χ3v) is 3.93. The zero-order valence-electron chi connectivity index (χ0n) is 10.6. The van der Waals surface area contributed by atoms with E-state index in [1.807, 2.05) is 0 Å². The minimum absolute atomic E-state index is 0.127. The minimum Gasteiger partial charge on any atom is -0.478 e. The van der Waals surface area contributed by atoms with Gasteiger partial charge in [-0.25, -0.2) is 17.9 Å². The number of anilines is 1. The van der Waals surface area contributed by atoms with Crippen LogP contribution in [0.3, 0.4) is 0 Å². The van der Waals surface area contributed by atoms with E-state index in [4.69, 9.17) is 9.52 Å². The highest BCUT2D eigenvalue weighted by atomic mass is 32.2. The van der Waals surface area contributed by atoms with Gasteiger partial charge in [0, 0.05) is 6.92 Å². The van der Waals surface area contributed by atoms with Gasteiger partial charge in [0.1, 0.15) is 0 Å². The molecule has 0 saturated heterocycles. The van der Waals surface area contributed by atoms with Crippen LogP contribution in [0.5, 0.6) is 0 Å². The molecule has 20 heavy (non-hydrogen) atoms. The molecule has 2 aromatic rings. The molecule has 0 spiro atoms. The molecule has 0 aliphatic carbocycles. The van der Waals surface area contributed by atoms with E-state index >= 15 is 0 Å². The summed E-state index contributed by atoms with van der Waals surface area (Å²) >= 11 is 0. The fourth-order valence-electron chi connectivity index (χ4n) is 1.53. The van der Waals surface area contributed by atoms with Gasteiger partial charge in [0.15, 0.2) is 0 Å². The number of aromatic carboxylic acids is 1. The summed E-state index contributed by atoms with van der Waals surface area (Å²) in [7, 11) is -4.00. The average Bonchev–Trinajstić information content (AvgIpc) is 2.73. The Hall–Kier alpha value is -2.42. The number of carboxylic acid groups (broad SMARTS) is 1. The number of sulfonamides is 1. The van der Waals surface area contributed by atoms with Crippen LogP contribution in [0.25, 0.3) is 0 Å². The number of rotatable bonds is 4. The Balaban J connectivity index is 2.43. The van der Waals surface area contributed by atoms with Gasteiger partial charge in [0.2, 0.25) is 5.89 Å². The first-order valence-corrected chi connectivity index (χ1v) is 6.95. The number of nitrogens with zero attached hydrogens (tertiary/aromatic N) is 2. The number of carboxylic acids is 1. The number of aromatic nitrogens is 2. The zero-order chi connectivity index (χ0) is 14.9. The summed E-state index contributed by atoms with van der Waals surface area (Å²) in [6.45, 7) is 3.07. The van der Waals surface area contributed by atoms with Crippen LogP contribution >= 0.6 is 0 Å². The molecule has 1 heterocycles. The maximum atomic E-state index is 12.2. The number of nitrogens with one attached hydrogen (secondary N) is 1. The van der Waals surface area contributed by atoms with E-state index in [9.17, 15) is 13.2 Å². The SMILES string of the molecule is Cc1nnc(NS(=O)(=O)c2cc(C(=O)O)ccc2C)o1. The first kappa shape index (κ1) is 14.0. The summed E-state index contributed by atoms with van der Waals surface area (Å²) in [6.07, 6.45) is 0. The van der Waals surface area contributed by atoms with Gasteiger partial charge in [-0.3, -0.25) is 0 Å². The summed E-state index contributed by atoms with van der Waals surface area (Å²) in [5.41, 5.74) is 0.274. The highest BCUT2D eigenvalue weighted by Crippen LogP contribution is 2.20. The lowest BCUT2D eigenvalue weighted by Crippen LogP contribution is -2.15. The minimum atomic E-state index is -4.00. The monoisotopic (exact) mass is 297 g/mol. The summed E-state index contributed by atoms with van der Waals surface area (Å²) in [5.74, 6) is -1.01. The molecule has 106 valence electrons. The second-order valence-electron chi connectivity index (χ2n) is 4.02. The number of carbonyl (C=O) groups is 1. The van der Waals surface area contributed by atoms with E-state index in [1.165, 1.54) is 19.1 Å². The fourth-order valence-corrected chi connectivity index (χ4v) is 2.73. The molecule has 8 nitrogen and oxygen atoms in total. The Bertz CT molecular complexity index is 766. The Kier molecular flexibility index (Phi) is 3.45. The normalized spacial score (nSPS) is 11.3. The molecule has 1 aromatic heterocycles. The van der Waals surface area contributed by atoms with E-state index < -0.39 is 16.0 Å². The molecular formula is C11H11N3O5S. The van der Waals surface area contributed by atoms with Gasteiger partial charge < -0.3 is 9.52 Å². The Labute approximate surface area is 114 Å². The maximum absolute atomic E-state index is 12.2. The van der Waals surface area contributed by atoms with Crippen LogP contribution < -0.4 is 4.72 Å². The lowest BCUT2D eigenvalue weighted by molar-refractivity contribution is 0.0696. The number of benzene rings is 1. The first-order chi connectivity index (χ1) is 9.29. The van der Waals surface area contributed by atoms with Crippen molar-refractivity contribution >= 4 is 22.0 Å². The third kappa shape index (κ3) is 2.77. The van der Waals surface area contributed by atoms with Gasteiger partial charge in [-0.1, -0.05) is 11.2 Å². The maximum Gasteiger partial charge on any atom is 0.335 e. The molecule has 0 bridgehead atoms. The van der Waals surface area contributed by atoms with Crippen molar-refractivity contribution in [2.75, 3.05) is 4.72 Å². The molecule has 0 aliphatic rings. The van der Waals surface area contributed by atoms with Gasteiger partial charge in [-0.2, -0.15) is 0 Å². The second kappa shape index (κ2) is 4.93. The predicted octanol–water partition coefficient (Wildman–Crippen LogP) is 1.19. The molecule has 0 radical (unpaired) electrons. The Morgan fingerprint density at radius 2 is 2.00 bits per heavy atom. The molecule has 0 fully saturated rings. The van der Waals surface area contributed by atoms with Gasteiger partial charge in [-0.15, -0.1) is 5.10 Å². The summed E-state index contributed by atoms with van der Waals surface area (Å²) in [4.78, 5) is 10.7. The Morgan fingerprint density at radius 3 is 2.55 bits per heavy atom. The first-order valence-electron chi connectivity index (χ1n) is 5.46. The molecule has 0 saturated carbocycles. The second-order valence-corrected chi connectivity index (χ2v) is 5.67. The van der Waals surface area contributed by atoms with Crippen molar-refractivity contribution in [3.05, 3.63) is 35.2 Å². The fraction of sp³-hybridized carbons (Fsp3) is 0.182. The van der Waals surface area contributed by atoms with Crippen LogP contribution in [0.1, 0.15) is 21.8 Å². The topological polar surface area (TPSA) is 122 Å². The van der Waals surface area contributed by atoms with E-state index in [0.717, 1.165) is 6.07 Å². The molecule has 2 N–H and O–H groups in total. The van der Waals surface area contributed by atoms with Crippen molar-refractivity contribution in [3.63, 3.8) is 0 Å². The number of hydrogen-bond acceptors (Lipinski definition) is 6. The van der Waals surface area contributed by atoms with Crippen LogP contribution in [0.2, 0.25) is 0 Å². The smallest absolute Gasteiger partial charge is 0.335 e. The molecular weight excluding hydrogens is 286 g/mol. The van der Waals surface area contributed by atoms with E-state index in [1.54, 1.807) is 6.92 Å². The molecule has 0 unspecified atom stereocenters. The molecule has 9 heteroatoms. The van der Waals surface area contributed by atoms with Crippen molar-refractivity contribution in [2.45, 2.75) is 18.7 Å². The lowest BCUT2D eigenvalue weighted by atomic mass is 10.1. The summed E-state index contributed by atoms with van der Waals surface area (Å²) in [6, 6.07) is 3.54. The lowest BCUT2D eigenvalue weighted by Gasteiger charge is -2.08. The van der Waals surface area contributed by atoms with Crippen molar-refractivity contribution in [3.8, 4) is 0 Å². The van der Waals surface area contributed by atoms with Gasteiger partial charge >= 0.3 is 12.0 Å². The largest absolute Gasteiger partial charge is 0.478 e. The van der Waals surface area contributed by atoms with Crippen LogP contribution in [0, 0.1) is 13.8 Å². The molecule has 0 amide bonds. The number of aryl methyl sites for hydroxylation is 2. The summed E-state index contributed by atoms with van der Waals surface area (Å²) in [5, 5.41) is 15.9. The molecule has 2 rings (SSSR count). The molecule has 0 atom stereocenters. The number of hydrogen-bond donors (Lipinski definition) is 2. The van der Waals surface area contributed by atoms with E-state index in [2.05, 4.69) is 14.9 Å².